The van der Waals surface area contributed by atoms with Gasteiger partial charge < -0.3 is 19.2 Å². The van der Waals surface area contributed by atoms with E-state index in [9.17, 15) is 4.79 Å². The number of carbonyl (C=O) groups excluding carboxylic acids is 1. The Bertz CT molecular complexity index is 1350. The molecule has 4 rings (SSSR count). The number of thiocarbonyl (C=S) groups is 1. The second kappa shape index (κ2) is 9.48. The highest BCUT2D eigenvalue weighted by atomic mass is 35.5. The van der Waals surface area contributed by atoms with E-state index in [-0.39, 0.29) is 10.7 Å². The zero-order valence-electron chi connectivity index (χ0n) is 18.1. The molecule has 0 bridgehead atoms. The molecule has 0 aliphatic carbocycles. The number of hydrogen-bond donors (Lipinski definition) is 2. The Labute approximate surface area is 200 Å². The van der Waals surface area contributed by atoms with Crippen molar-refractivity contribution in [3.8, 4) is 23.0 Å². The summed E-state index contributed by atoms with van der Waals surface area (Å²) in [6.07, 6.45) is 0. The molecule has 0 fully saturated rings. The lowest BCUT2D eigenvalue weighted by Gasteiger charge is -2.14. The average Bonchev–Trinajstić information content (AvgIpc) is 3.21. The van der Waals surface area contributed by atoms with Crippen molar-refractivity contribution in [1.29, 1.82) is 0 Å². The summed E-state index contributed by atoms with van der Waals surface area (Å²) in [7, 11) is 2.96. The van der Waals surface area contributed by atoms with Crippen LogP contribution in [0.2, 0.25) is 5.02 Å². The Morgan fingerprint density at radius 3 is 2.45 bits per heavy atom. The van der Waals surface area contributed by atoms with Crippen LogP contribution in [0, 0.1) is 6.92 Å². The molecule has 0 unspecified atom stereocenters. The molecule has 168 valence electrons. The molecule has 1 heterocycles. The Morgan fingerprint density at radius 2 is 1.79 bits per heavy atom. The number of halogens is 1. The van der Waals surface area contributed by atoms with Crippen molar-refractivity contribution in [2.24, 2.45) is 0 Å². The third-order valence-corrected chi connectivity index (χ3v) is 5.40. The van der Waals surface area contributed by atoms with Gasteiger partial charge in [0.25, 0.3) is 5.91 Å². The zero-order chi connectivity index (χ0) is 23.5. The minimum absolute atomic E-state index is 0.109. The first-order valence-electron chi connectivity index (χ1n) is 9.90. The topological polar surface area (TPSA) is 85.6 Å². The maximum atomic E-state index is 12.8. The number of benzene rings is 3. The van der Waals surface area contributed by atoms with Gasteiger partial charge in [-0.2, -0.15) is 0 Å². The maximum Gasteiger partial charge on any atom is 0.264 e. The molecule has 0 spiro atoms. The highest BCUT2D eigenvalue weighted by Gasteiger charge is 2.19. The van der Waals surface area contributed by atoms with Crippen molar-refractivity contribution in [3.05, 3.63) is 70.7 Å². The lowest BCUT2D eigenvalue weighted by molar-refractivity contribution is 0.0971. The first-order chi connectivity index (χ1) is 15.9. The first-order valence-corrected chi connectivity index (χ1v) is 10.7. The number of nitrogens with zero attached hydrogens (tertiary/aromatic N) is 1. The Balaban J connectivity index is 1.52. The van der Waals surface area contributed by atoms with Crippen molar-refractivity contribution in [2.75, 3.05) is 19.5 Å². The van der Waals surface area contributed by atoms with Gasteiger partial charge in [0.15, 0.2) is 10.7 Å². The van der Waals surface area contributed by atoms with Crippen LogP contribution in [0.3, 0.4) is 0 Å². The molecular weight excluding hydrogens is 462 g/mol. The van der Waals surface area contributed by atoms with Crippen molar-refractivity contribution >= 4 is 51.6 Å². The summed E-state index contributed by atoms with van der Waals surface area (Å²) in [6.45, 7) is 1.96. The van der Waals surface area contributed by atoms with Crippen molar-refractivity contribution in [1.82, 2.24) is 10.3 Å². The molecule has 0 atom stereocenters. The van der Waals surface area contributed by atoms with Crippen LogP contribution in [0.4, 0.5) is 5.69 Å². The predicted octanol–water partition coefficient (Wildman–Crippen LogP) is 5.60. The molecule has 0 radical (unpaired) electrons. The van der Waals surface area contributed by atoms with Crippen LogP contribution in [-0.4, -0.2) is 30.2 Å². The molecular formula is C24H20ClN3O4S. The highest BCUT2D eigenvalue weighted by molar-refractivity contribution is 7.80. The third-order valence-electron chi connectivity index (χ3n) is 4.88. The van der Waals surface area contributed by atoms with Crippen LogP contribution < -0.4 is 20.1 Å². The summed E-state index contributed by atoms with van der Waals surface area (Å²) in [5.74, 6) is 0.717. The van der Waals surface area contributed by atoms with E-state index in [4.69, 9.17) is 37.7 Å². The summed E-state index contributed by atoms with van der Waals surface area (Å²) >= 11 is 11.7. The SMILES string of the molecule is COc1cccc(OC)c1C(=O)NC(=S)Nc1ccc2oc(-c3ccc(C)cc3Cl)nc2c1. The summed E-state index contributed by atoms with van der Waals surface area (Å²) in [4.78, 5) is 17.3. The molecule has 33 heavy (non-hydrogen) atoms. The molecule has 1 aromatic heterocycles. The number of rotatable bonds is 5. The molecule has 1 amide bonds. The number of aryl methyl sites for hydroxylation is 1. The quantitative estimate of drug-likeness (QED) is 0.359. The minimum Gasteiger partial charge on any atom is -0.496 e. The maximum absolute atomic E-state index is 12.8. The number of ether oxygens (including phenoxy) is 2. The van der Waals surface area contributed by atoms with Crippen LogP contribution in [0.1, 0.15) is 15.9 Å². The molecule has 4 aromatic rings. The van der Waals surface area contributed by atoms with Crippen LogP contribution in [0.25, 0.3) is 22.6 Å². The number of aromatic nitrogens is 1. The summed E-state index contributed by atoms with van der Waals surface area (Å²) < 4.78 is 16.4. The normalized spacial score (nSPS) is 10.7. The average molecular weight is 482 g/mol. The van der Waals surface area contributed by atoms with E-state index in [1.807, 2.05) is 25.1 Å². The van der Waals surface area contributed by atoms with E-state index in [1.54, 1.807) is 36.4 Å². The number of anilines is 1. The van der Waals surface area contributed by atoms with Gasteiger partial charge >= 0.3 is 0 Å². The number of carbonyl (C=O) groups is 1. The van der Waals surface area contributed by atoms with Crippen molar-refractivity contribution in [2.45, 2.75) is 6.92 Å². The molecule has 0 aliphatic rings. The Hall–Kier alpha value is -3.62. The third kappa shape index (κ3) is 4.76. The number of nitrogens with one attached hydrogen (secondary N) is 2. The predicted molar refractivity (Wildman–Crippen MR) is 132 cm³/mol. The second-order valence-corrected chi connectivity index (χ2v) is 7.95. The standard InChI is InChI=1S/C24H20ClN3O4S/c1-13-7-9-15(16(25)11-13)23-27-17-12-14(8-10-18(17)32-23)26-24(33)28-22(29)21-19(30-2)5-4-6-20(21)31-3/h4-12H,1-3H3,(H2,26,28,29,33). The summed E-state index contributed by atoms with van der Waals surface area (Å²) in [5.41, 5.74) is 3.86. The molecule has 9 heteroatoms. The fourth-order valence-electron chi connectivity index (χ4n) is 3.32. The van der Waals surface area contributed by atoms with E-state index in [1.165, 1.54) is 14.2 Å². The van der Waals surface area contributed by atoms with Gasteiger partial charge in [-0.15, -0.1) is 0 Å². The molecule has 0 saturated heterocycles. The zero-order valence-corrected chi connectivity index (χ0v) is 19.6. The van der Waals surface area contributed by atoms with E-state index in [0.29, 0.717) is 44.8 Å². The fourth-order valence-corrected chi connectivity index (χ4v) is 3.84. The molecule has 0 saturated carbocycles. The number of oxazole rings is 1. The lowest BCUT2D eigenvalue weighted by atomic mass is 10.1. The van der Waals surface area contributed by atoms with Crippen molar-refractivity contribution < 1.29 is 18.7 Å². The Morgan fingerprint density at radius 1 is 1.06 bits per heavy atom. The van der Waals surface area contributed by atoms with Crippen LogP contribution in [0.5, 0.6) is 11.5 Å². The number of hydrogen-bond acceptors (Lipinski definition) is 6. The van der Waals surface area contributed by atoms with Gasteiger partial charge in [-0.1, -0.05) is 23.7 Å². The Kier molecular flexibility index (Phi) is 6.48. The smallest absolute Gasteiger partial charge is 0.264 e. The van der Waals surface area contributed by atoms with E-state index in [2.05, 4.69) is 15.6 Å². The monoisotopic (exact) mass is 481 g/mol. The largest absolute Gasteiger partial charge is 0.496 e. The van der Waals surface area contributed by atoms with Gasteiger partial charge in [0.1, 0.15) is 22.6 Å². The molecule has 0 aliphatic heterocycles. The van der Waals surface area contributed by atoms with Crippen LogP contribution >= 0.6 is 23.8 Å². The van der Waals surface area contributed by atoms with E-state index >= 15 is 0 Å². The molecule has 7 nitrogen and oxygen atoms in total. The van der Waals surface area contributed by atoms with Gasteiger partial charge in [0.05, 0.1) is 24.8 Å². The van der Waals surface area contributed by atoms with Gasteiger partial charge in [-0.25, -0.2) is 4.98 Å². The second-order valence-electron chi connectivity index (χ2n) is 7.13. The number of fused-ring (bicyclic) bond motifs is 1. The van der Waals surface area contributed by atoms with Crippen LogP contribution in [-0.2, 0) is 0 Å². The summed E-state index contributed by atoms with van der Waals surface area (Å²) in [6, 6.07) is 16.1. The van der Waals surface area contributed by atoms with Crippen LogP contribution in [0.15, 0.2) is 59.0 Å². The fraction of sp³-hybridized carbons (Fsp3) is 0.125. The van der Waals surface area contributed by atoms with Gasteiger partial charge in [-0.05, 0) is 67.2 Å². The summed E-state index contributed by atoms with van der Waals surface area (Å²) in [5, 5.41) is 6.31. The minimum atomic E-state index is -0.458. The van der Waals surface area contributed by atoms with Gasteiger partial charge in [0.2, 0.25) is 5.89 Å². The van der Waals surface area contributed by atoms with E-state index < -0.39 is 5.91 Å². The number of methoxy groups -OCH3 is 2. The van der Waals surface area contributed by atoms with Gasteiger partial charge in [-0.3, -0.25) is 10.1 Å². The van der Waals surface area contributed by atoms with Crippen molar-refractivity contribution in [3.63, 3.8) is 0 Å². The van der Waals surface area contributed by atoms with Gasteiger partial charge in [0, 0.05) is 5.69 Å². The highest BCUT2D eigenvalue weighted by Crippen LogP contribution is 2.32. The molecule has 2 N–H and O–H groups in total. The lowest BCUT2D eigenvalue weighted by Crippen LogP contribution is -2.34. The molecule has 3 aromatic carbocycles. The number of amides is 1. The first kappa shape index (κ1) is 22.6. The van der Waals surface area contributed by atoms with E-state index in [0.717, 1.165) is 5.56 Å².